The summed E-state index contributed by atoms with van der Waals surface area (Å²) in [5.74, 6) is 0.168. The monoisotopic (exact) mass is 352 g/mol. The number of hydrogen-bond donors (Lipinski definition) is 2. The van der Waals surface area contributed by atoms with E-state index in [4.69, 9.17) is 11.6 Å². The average molecular weight is 353 g/mol. The Labute approximate surface area is 151 Å². The molecule has 0 spiro atoms. The summed E-state index contributed by atoms with van der Waals surface area (Å²) in [6, 6.07) is 13.1. The van der Waals surface area contributed by atoms with Gasteiger partial charge in [-0.15, -0.1) is 0 Å². The molecule has 1 aromatic heterocycles. The molecule has 0 saturated heterocycles. The molecule has 126 valence electrons. The summed E-state index contributed by atoms with van der Waals surface area (Å²) in [6.45, 7) is 3.88. The van der Waals surface area contributed by atoms with E-state index in [1.165, 1.54) is 12.4 Å². The molecule has 0 atom stereocenters. The van der Waals surface area contributed by atoms with Crippen LogP contribution in [0.3, 0.4) is 0 Å². The van der Waals surface area contributed by atoms with Crippen molar-refractivity contribution in [1.29, 1.82) is 0 Å². The van der Waals surface area contributed by atoms with Crippen molar-refractivity contribution < 1.29 is 4.79 Å². The number of para-hydroxylation sites is 1. The second kappa shape index (κ2) is 7.32. The molecule has 3 aromatic rings. The van der Waals surface area contributed by atoms with Crippen molar-refractivity contribution in [3.63, 3.8) is 0 Å². The smallest absolute Gasteiger partial charge is 0.258 e. The van der Waals surface area contributed by atoms with E-state index < -0.39 is 0 Å². The van der Waals surface area contributed by atoms with Gasteiger partial charge in [-0.2, -0.15) is 0 Å². The summed E-state index contributed by atoms with van der Waals surface area (Å²) in [4.78, 5) is 20.8. The first-order valence-electron chi connectivity index (χ1n) is 7.75. The lowest BCUT2D eigenvalue weighted by atomic mass is 10.2. The summed E-state index contributed by atoms with van der Waals surface area (Å²) in [7, 11) is 0. The fourth-order valence-electron chi connectivity index (χ4n) is 2.31. The minimum absolute atomic E-state index is 0.270. The molecule has 0 aliphatic heterocycles. The number of aryl methyl sites for hydroxylation is 2. The van der Waals surface area contributed by atoms with Crippen molar-refractivity contribution in [2.75, 3.05) is 10.6 Å². The summed E-state index contributed by atoms with van der Waals surface area (Å²) < 4.78 is 0. The number of benzene rings is 2. The molecule has 0 bridgehead atoms. The van der Waals surface area contributed by atoms with Crippen LogP contribution >= 0.6 is 11.6 Å². The van der Waals surface area contributed by atoms with Gasteiger partial charge in [-0.1, -0.05) is 29.8 Å². The van der Waals surface area contributed by atoms with Crippen molar-refractivity contribution in [1.82, 2.24) is 9.97 Å². The number of nitrogens with zero attached hydrogens (tertiary/aromatic N) is 2. The highest BCUT2D eigenvalue weighted by molar-refractivity contribution is 6.30. The number of anilines is 3. The third-order valence-corrected chi connectivity index (χ3v) is 3.98. The van der Waals surface area contributed by atoms with Gasteiger partial charge in [0.05, 0.1) is 5.56 Å². The normalized spacial score (nSPS) is 10.4. The third kappa shape index (κ3) is 4.14. The maximum Gasteiger partial charge on any atom is 0.258 e. The molecule has 3 rings (SSSR count). The van der Waals surface area contributed by atoms with E-state index in [9.17, 15) is 4.79 Å². The largest absolute Gasteiger partial charge is 0.324 e. The number of rotatable bonds is 4. The number of halogens is 1. The van der Waals surface area contributed by atoms with E-state index in [0.29, 0.717) is 22.2 Å². The van der Waals surface area contributed by atoms with Gasteiger partial charge < -0.3 is 10.6 Å². The van der Waals surface area contributed by atoms with Crippen LogP contribution in [0, 0.1) is 13.8 Å². The molecule has 5 nitrogen and oxygen atoms in total. The summed E-state index contributed by atoms with van der Waals surface area (Å²) in [5.41, 5.74) is 3.99. The Kier molecular flexibility index (Phi) is 4.95. The molecule has 25 heavy (non-hydrogen) atoms. The SMILES string of the molecule is Cc1cc(Cl)ccc1NC(=O)c1cnc(Nc2ccccc2C)nc1. The number of carbonyl (C=O) groups excluding carboxylic acids is 1. The minimum atomic E-state index is -0.270. The Bertz CT molecular complexity index is 910. The molecule has 0 fully saturated rings. The van der Waals surface area contributed by atoms with E-state index in [-0.39, 0.29) is 5.91 Å². The fourth-order valence-corrected chi connectivity index (χ4v) is 2.53. The molecule has 2 aromatic carbocycles. The van der Waals surface area contributed by atoms with Gasteiger partial charge in [-0.3, -0.25) is 4.79 Å². The van der Waals surface area contributed by atoms with Crippen molar-refractivity contribution in [2.24, 2.45) is 0 Å². The Morgan fingerprint density at radius 2 is 1.68 bits per heavy atom. The highest BCUT2D eigenvalue weighted by Gasteiger charge is 2.10. The zero-order valence-electron chi connectivity index (χ0n) is 13.9. The molecule has 1 heterocycles. The van der Waals surface area contributed by atoms with Gasteiger partial charge in [-0.25, -0.2) is 9.97 Å². The Morgan fingerprint density at radius 3 is 2.36 bits per heavy atom. The van der Waals surface area contributed by atoms with Crippen molar-refractivity contribution in [3.05, 3.63) is 76.6 Å². The molecule has 0 aliphatic rings. The van der Waals surface area contributed by atoms with Crippen LogP contribution in [-0.4, -0.2) is 15.9 Å². The molecule has 0 saturated carbocycles. The quantitative estimate of drug-likeness (QED) is 0.711. The maximum absolute atomic E-state index is 12.3. The zero-order chi connectivity index (χ0) is 17.8. The molecule has 0 radical (unpaired) electrons. The van der Waals surface area contributed by atoms with Gasteiger partial charge in [0.1, 0.15) is 0 Å². The van der Waals surface area contributed by atoms with E-state index in [1.807, 2.05) is 38.1 Å². The molecule has 1 amide bonds. The van der Waals surface area contributed by atoms with Crippen LogP contribution in [0.2, 0.25) is 5.02 Å². The second-order valence-corrected chi connectivity index (χ2v) is 6.09. The number of amides is 1. The predicted octanol–water partition coefficient (Wildman–Crippen LogP) is 4.74. The lowest BCUT2D eigenvalue weighted by Gasteiger charge is -2.10. The van der Waals surface area contributed by atoms with Gasteiger partial charge >= 0.3 is 0 Å². The van der Waals surface area contributed by atoms with Gasteiger partial charge in [0, 0.05) is 28.8 Å². The Morgan fingerprint density at radius 1 is 0.960 bits per heavy atom. The van der Waals surface area contributed by atoms with Crippen molar-refractivity contribution in [2.45, 2.75) is 13.8 Å². The van der Waals surface area contributed by atoms with E-state index >= 15 is 0 Å². The lowest BCUT2D eigenvalue weighted by molar-refractivity contribution is 0.102. The standard InChI is InChI=1S/C19H17ClN4O/c1-12-5-3-4-6-16(12)24-19-21-10-14(11-22-19)18(25)23-17-8-7-15(20)9-13(17)2/h3-11H,1-2H3,(H,23,25)(H,21,22,24). The van der Waals surface area contributed by atoms with Crippen LogP contribution in [0.25, 0.3) is 0 Å². The Balaban J connectivity index is 1.71. The van der Waals surface area contributed by atoms with Crippen LogP contribution in [-0.2, 0) is 0 Å². The topological polar surface area (TPSA) is 66.9 Å². The second-order valence-electron chi connectivity index (χ2n) is 5.65. The lowest BCUT2D eigenvalue weighted by Crippen LogP contribution is -2.14. The summed E-state index contributed by atoms with van der Waals surface area (Å²) in [6.07, 6.45) is 2.99. The first-order valence-corrected chi connectivity index (χ1v) is 8.13. The number of nitrogens with one attached hydrogen (secondary N) is 2. The number of hydrogen-bond acceptors (Lipinski definition) is 4. The van der Waals surface area contributed by atoms with Crippen LogP contribution in [0.5, 0.6) is 0 Å². The van der Waals surface area contributed by atoms with Gasteiger partial charge in [-0.05, 0) is 49.2 Å². The fraction of sp³-hybridized carbons (Fsp3) is 0.105. The van der Waals surface area contributed by atoms with Crippen LogP contribution in [0.1, 0.15) is 21.5 Å². The van der Waals surface area contributed by atoms with Crippen LogP contribution < -0.4 is 10.6 Å². The minimum Gasteiger partial charge on any atom is -0.324 e. The molecule has 2 N–H and O–H groups in total. The zero-order valence-corrected chi connectivity index (χ0v) is 14.6. The van der Waals surface area contributed by atoms with Crippen LogP contribution in [0.15, 0.2) is 54.9 Å². The average Bonchev–Trinajstić information content (AvgIpc) is 2.60. The molecule has 0 unspecified atom stereocenters. The molecular formula is C19H17ClN4O. The van der Waals surface area contributed by atoms with E-state index in [0.717, 1.165) is 16.8 Å². The highest BCUT2D eigenvalue weighted by Crippen LogP contribution is 2.20. The summed E-state index contributed by atoms with van der Waals surface area (Å²) >= 11 is 5.93. The predicted molar refractivity (Wildman–Crippen MR) is 101 cm³/mol. The van der Waals surface area contributed by atoms with Gasteiger partial charge in [0.2, 0.25) is 5.95 Å². The highest BCUT2D eigenvalue weighted by atomic mass is 35.5. The maximum atomic E-state index is 12.3. The Hall–Kier alpha value is -2.92. The number of carbonyl (C=O) groups is 1. The van der Waals surface area contributed by atoms with Gasteiger partial charge in [0.25, 0.3) is 5.91 Å². The van der Waals surface area contributed by atoms with Crippen LogP contribution in [0.4, 0.5) is 17.3 Å². The molecule has 6 heteroatoms. The molecular weight excluding hydrogens is 336 g/mol. The summed E-state index contributed by atoms with van der Waals surface area (Å²) in [5, 5.41) is 6.60. The van der Waals surface area contributed by atoms with E-state index in [1.54, 1.807) is 18.2 Å². The van der Waals surface area contributed by atoms with E-state index in [2.05, 4.69) is 20.6 Å². The van der Waals surface area contributed by atoms with Crippen molar-refractivity contribution >= 4 is 34.8 Å². The first-order chi connectivity index (χ1) is 12.0. The van der Waals surface area contributed by atoms with Gasteiger partial charge in [0.15, 0.2) is 0 Å². The third-order valence-electron chi connectivity index (χ3n) is 3.74. The van der Waals surface area contributed by atoms with Crippen molar-refractivity contribution in [3.8, 4) is 0 Å². The molecule has 0 aliphatic carbocycles. The first kappa shape index (κ1) is 16.9. The number of aromatic nitrogens is 2.